The van der Waals surface area contributed by atoms with Crippen molar-refractivity contribution in [2.45, 2.75) is 43.9 Å². The monoisotopic (exact) mass is 432 g/mol. The summed E-state index contributed by atoms with van der Waals surface area (Å²) in [6.07, 6.45) is 0.758. The maximum absolute atomic E-state index is 12.5. The molecule has 2 aromatic carbocycles. The minimum absolute atomic E-state index is 0.0112. The molecule has 0 saturated carbocycles. The Morgan fingerprint density at radius 3 is 2.33 bits per heavy atom. The summed E-state index contributed by atoms with van der Waals surface area (Å²) in [6.45, 7) is 7.36. The van der Waals surface area contributed by atoms with Gasteiger partial charge in [0.2, 0.25) is 15.9 Å². The van der Waals surface area contributed by atoms with Gasteiger partial charge in [-0.3, -0.25) is 4.79 Å². The molecule has 1 amide bonds. The number of amides is 1. The molecule has 1 aliphatic rings. The molecule has 2 aromatic rings. The first-order chi connectivity index (χ1) is 14.1. The number of carbonyl (C=O) groups excluding carboxylic acids is 1. The third-order valence-corrected chi connectivity index (χ3v) is 6.17. The Balaban J connectivity index is 1.54. The van der Waals surface area contributed by atoms with Crippen molar-refractivity contribution in [3.05, 3.63) is 48.0 Å². The summed E-state index contributed by atoms with van der Waals surface area (Å²) in [5, 5.41) is 2.78. The number of carbonyl (C=O) groups is 1. The van der Waals surface area contributed by atoms with E-state index in [0.29, 0.717) is 30.4 Å². The molecule has 0 saturated heterocycles. The number of benzene rings is 2. The molecule has 30 heavy (non-hydrogen) atoms. The minimum Gasteiger partial charge on any atom is -0.490 e. The van der Waals surface area contributed by atoms with Crippen LogP contribution >= 0.6 is 0 Å². The molecule has 2 N–H and O–H groups in total. The number of hydrogen-bond acceptors (Lipinski definition) is 5. The van der Waals surface area contributed by atoms with E-state index in [1.807, 2.05) is 24.3 Å². The molecule has 0 aromatic heterocycles. The first kappa shape index (κ1) is 22.1. The number of rotatable bonds is 6. The van der Waals surface area contributed by atoms with Gasteiger partial charge in [0.25, 0.3) is 0 Å². The average Bonchev–Trinajstić information content (AvgIpc) is 2.92. The van der Waals surface area contributed by atoms with Crippen LogP contribution in [0.25, 0.3) is 0 Å². The van der Waals surface area contributed by atoms with Crippen LogP contribution < -0.4 is 19.5 Å². The topological polar surface area (TPSA) is 93.7 Å². The lowest BCUT2D eigenvalue weighted by Crippen LogP contribution is -2.28. The van der Waals surface area contributed by atoms with Crippen molar-refractivity contribution in [3.63, 3.8) is 0 Å². The summed E-state index contributed by atoms with van der Waals surface area (Å²) >= 11 is 0. The predicted octanol–water partition coefficient (Wildman–Crippen LogP) is 3.45. The van der Waals surface area contributed by atoms with Crippen LogP contribution in [0.15, 0.2) is 47.4 Å². The molecule has 0 fully saturated rings. The minimum atomic E-state index is -3.76. The molecule has 1 heterocycles. The first-order valence-electron chi connectivity index (χ1n) is 9.95. The van der Waals surface area contributed by atoms with Crippen LogP contribution in [0, 0.1) is 0 Å². The van der Waals surface area contributed by atoms with Gasteiger partial charge in [-0.15, -0.1) is 0 Å². The fourth-order valence-electron chi connectivity index (χ4n) is 2.97. The van der Waals surface area contributed by atoms with Gasteiger partial charge >= 0.3 is 0 Å². The number of nitrogens with one attached hydrogen (secondary N) is 2. The number of fused-ring (bicyclic) bond motifs is 1. The summed E-state index contributed by atoms with van der Waals surface area (Å²) in [5.41, 5.74) is 1.88. The fourth-order valence-corrected chi connectivity index (χ4v) is 4.02. The van der Waals surface area contributed by atoms with Crippen molar-refractivity contribution in [2.75, 3.05) is 25.1 Å². The number of anilines is 1. The Bertz CT molecular complexity index is 995. The van der Waals surface area contributed by atoms with Gasteiger partial charge in [0.15, 0.2) is 11.5 Å². The second kappa shape index (κ2) is 9.06. The molecular weight excluding hydrogens is 404 g/mol. The molecule has 162 valence electrons. The van der Waals surface area contributed by atoms with E-state index < -0.39 is 10.0 Å². The number of ether oxygens (including phenoxy) is 2. The van der Waals surface area contributed by atoms with Gasteiger partial charge < -0.3 is 14.8 Å². The third-order valence-electron chi connectivity index (χ3n) is 4.71. The van der Waals surface area contributed by atoms with Crippen molar-refractivity contribution in [1.29, 1.82) is 0 Å². The van der Waals surface area contributed by atoms with Gasteiger partial charge in [-0.1, -0.05) is 32.9 Å². The van der Waals surface area contributed by atoms with Gasteiger partial charge in [0, 0.05) is 31.1 Å². The van der Waals surface area contributed by atoms with E-state index in [0.717, 1.165) is 6.42 Å². The molecular formula is C22H28N2O5S. The zero-order valence-electron chi connectivity index (χ0n) is 17.5. The molecule has 0 atom stereocenters. The van der Waals surface area contributed by atoms with Gasteiger partial charge in [-0.2, -0.15) is 0 Å². The zero-order valence-corrected chi connectivity index (χ0v) is 18.3. The van der Waals surface area contributed by atoms with Gasteiger partial charge in [0.1, 0.15) is 0 Å². The van der Waals surface area contributed by atoms with E-state index >= 15 is 0 Å². The van der Waals surface area contributed by atoms with E-state index in [9.17, 15) is 13.2 Å². The van der Waals surface area contributed by atoms with Crippen LogP contribution in [-0.4, -0.2) is 34.1 Å². The molecule has 0 unspecified atom stereocenters. The van der Waals surface area contributed by atoms with E-state index in [1.165, 1.54) is 17.7 Å². The normalized spacial score (nSPS) is 14.1. The Morgan fingerprint density at radius 2 is 1.67 bits per heavy atom. The molecule has 0 aliphatic carbocycles. The maximum atomic E-state index is 12.5. The second-order valence-corrected chi connectivity index (χ2v) is 9.95. The molecule has 0 spiro atoms. The lowest BCUT2D eigenvalue weighted by molar-refractivity contribution is -0.116. The van der Waals surface area contributed by atoms with E-state index in [-0.39, 0.29) is 29.2 Å². The summed E-state index contributed by atoms with van der Waals surface area (Å²) in [5.74, 6) is 0.676. The largest absolute Gasteiger partial charge is 0.490 e. The van der Waals surface area contributed by atoms with Crippen LogP contribution in [0.5, 0.6) is 11.5 Å². The zero-order chi connectivity index (χ0) is 21.8. The van der Waals surface area contributed by atoms with Crippen molar-refractivity contribution >= 4 is 21.6 Å². The summed E-state index contributed by atoms with van der Waals surface area (Å²) in [7, 11) is -3.76. The fraction of sp³-hybridized carbons (Fsp3) is 0.409. The SMILES string of the molecule is CC(C)(C)c1ccc(NC(=O)CCNS(=O)(=O)c2ccc3c(c2)OCCCO3)cc1. The first-order valence-corrected chi connectivity index (χ1v) is 11.4. The van der Waals surface area contributed by atoms with Crippen molar-refractivity contribution in [3.8, 4) is 11.5 Å². The lowest BCUT2D eigenvalue weighted by atomic mass is 9.87. The molecule has 0 bridgehead atoms. The van der Waals surface area contributed by atoms with E-state index in [2.05, 4.69) is 30.8 Å². The highest BCUT2D eigenvalue weighted by atomic mass is 32.2. The van der Waals surface area contributed by atoms with Crippen LogP contribution in [0.1, 0.15) is 39.2 Å². The van der Waals surface area contributed by atoms with Crippen molar-refractivity contribution in [2.24, 2.45) is 0 Å². The quantitative estimate of drug-likeness (QED) is 0.729. The van der Waals surface area contributed by atoms with Crippen LogP contribution in [0.2, 0.25) is 0 Å². The molecule has 1 aliphatic heterocycles. The van der Waals surface area contributed by atoms with Gasteiger partial charge in [-0.05, 0) is 35.2 Å². The highest BCUT2D eigenvalue weighted by molar-refractivity contribution is 7.89. The summed E-state index contributed by atoms with van der Waals surface area (Å²) < 4.78 is 38.6. The Hall–Kier alpha value is -2.58. The van der Waals surface area contributed by atoms with Gasteiger partial charge in [0.05, 0.1) is 18.1 Å². The smallest absolute Gasteiger partial charge is 0.240 e. The third kappa shape index (κ3) is 5.73. The number of sulfonamides is 1. The van der Waals surface area contributed by atoms with Crippen molar-refractivity contribution < 1.29 is 22.7 Å². The Morgan fingerprint density at radius 1 is 1.00 bits per heavy atom. The van der Waals surface area contributed by atoms with E-state index in [4.69, 9.17) is 9.47 Å². The molecule has 3 rings (SSSR count). The highest BCUT2D eigenvalue weighted by Crippen LogP contribution is 2.31. The molecule has 8 heteroatoms. The molecule has 0 radical (unpaired) electrons. The summed E-state index contributed by atoms with van der Waals surface area (Å²) in [6, 6.07) is 12.1. The highest BCUT2D eigenvalue weighted by Gasteiger charge is 2.19. The maximum Gasteiger partial charge on any atom is 0.240 e. The van der Waals surface area contributed by atoms with Crippen LogP contribution in [-0.2, 0) is 20.2 Å². The Kier molecular flexibility index (Phi) is 6.67. The second-order valence-electron chi connectivity index (χ2n) is 8.18. The van der Waals surface area contributed by atoms with Crippen molar-refractivity contribution in [1.82, 2.24) is 4.72 Å². The van der Waals surface area contributed by atoms with Crippen LogP contribution in [0.4, 0.5) is 5.69 Å². The van der Waals surface area contributed by atoms with E-state index in [1.54, 1.807) is 6.07 Å². The lowest BCUT2D eigenvalue weighted by Gasteiger charge is -2.19. The van der Waals surface area contributed by atoms with Crippen LogP contribution in [0.3, 0.4) is 0 Å². The predicted molar refractivity (Wildman–Crippen MR) is 116 cm³/mol. The Labute approximate surface area is 177 Å². The number of hydrogen-bond donors (Lipinski definition) is 2. The molecule has 7 nitrogen and oxygen atoms in total. The summed E-state index contributed by atoms with van der Waals surface area (Å²) in [4.78, 5) is 12.2. The average molecular weight is 433 g/mol. The van der Waals surface area contributed by atoms with Gasteiger partial charge in [-0.25, -0.2) is 13.1 Å². The standard InChI is InChI=1S/C22H28N2O5S/c1-22(2,3)16-5-7-17(8-6-16)24-21(25)11-12-23-30(26,27)18-9-10-19-20(15-18)29-14-4-13-28-19/h5-10,15,23H,4,11-14H2,1-3H3,(H,24,25).